The third-order valence-corrected chi connectivity index (χ3v) is 2.20. The third-order valence-electron chi connectivity index (χ3n) is 2.20. The number of nitrogens with one attached hydrogen (secondary N) is 1. The van der Waals surface area contributed by atoms with Crippen molar-refractivity contribution in [1.82, 2.24) is 4.98 Å². The number of hydrogen-bond donors (Lipinski definition) is 2. The Bertz CT molecular complexity index is 262. The van der Waals surface area contributed by atoms with Crippen molar-refractivity contribution in [2.24, 2.45) is 5.73 Å². The summed E-state index contributed by atoms with van der Waals surface area (Å²) < 4.78 is 24.3. The summed E-state index contributed by atoms with van der Waals surface area (Å²) in [7, 11) is 0. The first-order valence-electron chi connectivity index (χ1n) is 4.19. The summed E-state index contributed by atoms with van der Waals surface area (Å²) in [6.45, 7) is 3.75. The zero-order chi connectivity index (χ0) is 10.0. The number of alkyl halides is 2. The second-order valence-electron chi connectivity index (χ2n) is 3.28. The Morgan fingerprint density at radius 2 is 2.08 bits per heavy atom. The highest BCUT2D eigenvalue weighted by Gasteiger charge is 2.18. The molecule has 0 fully saturated rings. The zero-order valence-electron chi connectivity index (χ0n) is 7.77. The smallest absolute Gasteiger partial charge is 0.253 e. The molecular formula is C9H14F2N2. The Labute approximate surface area is 76.1 Å². The van der Waals surface area contributed by atoms with Crippen LogP contribution >= 0.6 is 0 Å². The van der Waals surface area contributed by atoms with Gasteiger partial charge < -0.3 is 10.7 Å². The number of aromatic nitrogens is 1. The second kappa shape index (κ2) is 3.87. The molecule has 1 unspecified atom stereocenters. The van der Waals surface area contributed by atoms with Gasteiger partial charge in [-0.3, -0.25) is 0 Å². The van der Waals surface area contributed by atoms with Crippen LogP contribution < -0.4 is 5.73 Å². The number of aromatic amines is 1. The Kier molecular flexibility index (Phi) is 3.03. The first kappa shape index (κ1) is 10.2. The Morgan fingerprint density at radius 3 is 2.46 bits per heavy atom. The largest absolute Gasteiger partial charge is 0.365 e. The molecule has 2 nitrogen and oxygen atoms in total. The van der Waals surface area contributed by atoms with E-state index in [1.54, 1.807) is 0 Å². The molecule has 0 aromatic carbocycles. The predicted octanol–water partition coefficient (Wildman–Crippen LogP) is 1.77. The highest BCUT2D eigenvalue weighted by molar-refractivity contribution is 5.29. The molecule has 1 aromatic rings. The fourth-order valence-electron chi connectivity index (χ4n) is 1.33. The molecule has 4 heteroatoms. The Morgan fingerprint density at radius 1 is 1.46 bits per heavy atom. The molecule has 3 N–H and O–H groups in total. The molecule has 0 aliphatic rings. The van der Waals surface area contributed by atoms with Gasteiger partial charge in [0.2, 0.25) is 0 Å². The van der Waals surface area contributed by atoms with Crippen LogP contribution in [0.15, 0.2) is 6.20 Å². The van der Waals surface area contributed by atoms with Gasteiger partial charge in [0.05, 0.1) is 6.04 Å². The van der Waals surface area contributed by atoms with Gasteiger partial charge in [-0.15, -0.1) is 0 Å². The molecule has 1 heterocycles. The van der Waals surface area contributed by atoms with Crippen LogP contribution in [0.3, 0.4) is 0 Å². The average molecular weight is 188 g/mol. The minimum atomic E-state index is -2.45. The van der Waals surface area contributed by atoms with Crippen LogP contribution in [0.1, 0.15) is 16.8 Å². The van der Waals surface area contributed by atoms with Crippen molar-refractivity contribution < 1.29 is 8.78 Å². The van der Waals surface area contributed by atoms with E-state index in [4.69, 9.17) is 5.73 Å². The lowest BCUT2D eigenvalue weighted by molar-refractivity contribution is 0.116. The minimum Gasteiger partial charge on any atom is -0.365 e. The van der Waals surface area contributed by atoms with Gasteiger partial charge in [0.25, 0.3) is 6.43 Å². The normalized spacial score (nSPS) is 13.7. The van der Waals surface area contributed by atoms with Gasteiger partial charge in [-0.25, -0.2) is 8.78 Å². The first-order chi connectivity index (χ1) is 6.02. The maximum Gasteiger partial charge on any atom is 0.253 e. The molecule has 0 amide bonds. The van der Waals surface area contributed by atoms with Gasteiger partial charge in [-0.05, 0) is 31.4 Å². The molecular weight excluding hydrogens is 174 g/mol. The summed E-state index contributed by atoms with van der Waals surface area (Å²) in [5, 5.41) is 0. The lowest BCUT2D eigenvalue weighted by Gasteiger charge is -2.10. The Hall–Kier alpha value is -0.900. The van der Waals surface area contributed by atoms with Gasteiger partial charge in [0, 0.05) is 11.9 Å². The van der Waals surface area contributed by atoms with Gasteiger partial charge in [0.1, 0.15) is 0 Å². The van der Waals surface area contributed by atoms with Crippen molar-refractivity contribution in [1.29, 1.82) is 0 Å². The molecule has 0 radical (unpaired) electrons. The predicted molar refractivity (Wildman–Crippen MR) is 48.0 cm³/mol. The Balaban J connectivity index is 2.73. The van der Waals surface area contributed by atoms with Crippen LogP contribution in [0.5, 0.6) is 0 Å². The van der Waals surface area contributed by atoms with E-state index in [1.807, 2.05) is 20.0 Å². The summed E-state index contributed by atoms with van der Waals surface area (Å²) in [5.74, 6) is 0. The molecule has 1 rings (SSSR count). The molecule has 0 spiro atoms. The average Bonchev–Trinajstić information content (AvgIpc) is 2.35. The van der Waals surface area contributed by atoms with E-state index in [2.05, 4.69) is 4.98 Å². The summed E-state index contributed by atoms with van der Waals surface area (Å²) >= 11 is 0. The standard InChI is InChI=1S/C9H14F2N2/c1-5-4-13-6(2)7(5)3-8(12)9(10)11/h4,8-9,13H,3,12H2,1-2H3. The molecule has 0 bridgehead atoms. The molecule has 1 atom stereocenters. The lowest BCUT2D eigenvalue weighted by atomic mass is 10.0. The van der Waals surface area contributed by atoms with Crippen molar-refractivity contribution in [3.63, 3.8) is 0 Å². The van der Waals surface area contributed by atoms with Crippen LogP contribution in [0.25, 0.3) is 0 Å². The number of hydrogen-bond acceptors (Lipinski definition) is 1. The van der Waals surface area contributed by atoms with E-state index in [0.717, 1.165) is 16.8 Å². The topological polar surface area (TPSA) is 41.8 Å². The fourth-order valence-corrected chi connectivity index (χ4v) is 1.33. The summed E-state index contributed by atoms with van der Waals surface area (Å²) in [4.78, 5) is 2.98. The van der Waals surface area contributed by atoms with Crippen LogP contribution in [-0.2, 0) is 6.42 Å². The third kappa shape index (κ3) is 2.28. The zero-order valence-corrected chi connectivity index (χ0v) is 7.77. The minimum absolute atomic E-state index is 0.235. The first-order valence-corrected chi connectivity index (χ1v) is 4.19. The highest BCUT2D eigenvalue weighted by atomic mass is 19.3. The molecule has 0 saturated carbocycles. The number of H-pyrrole nitrogens is 1. The van der Waals surface area contributed by atoms with Crippen molar-refractivity contribution >= 4 is 0 Å². The van der Waals surface area contributed by atoms with Crippen LogP contribution in [0.2, 0.25) is 0 Å². The maximum absolute atomic E-state index is 12.1. The number of rotatable bonds is 3. The van der Waals surface area contributed by atoms with Crippen LogP contribution in [-0.4, -0.2) is 17.5 Å². The summed E-state index contributed by atoms with van der Waals surface area (Å²) in [6.07, 6.45) is -0.407. The van der Waals surface area contributed by atoms with Crippen molar-refractivity contribution in [3.05, 3.63) is 23.0 Å². The van der Waals surface area contributed by atoms with Gasteiger partial charge in [0.15, 0.2) is 0 Å². The number of aryl methyl sites for hydroxylation is 2. The molecule has 1 aromatic heterocycles. The maximum atomic E-state index is 12.1. The van der Waals surface area contributed by atoms with E-state index in [1.165, 1.54) is 0 Å². The molecule has 74 valence electrons. The SMILES string of the molecule is Cc1c[nH]c(C)c1CC(N)C(F)F. The molecule has 0 aliphatic carbocycles. The summed E-state index contributed by atoms with van der Waals surface area (Å²) in [5.41, 5.74) is 8.11. The van der Waals surface area contributed by atoms with E-state index in [-0.39, 0.29) is 6.42 Å². The second-order valence-corrected chi connectivity index (χ2v) is 3.28. The van der Waals surface area contributed by atoms with Crippen molar-refractivity contribution in [2.75, 3.05) is 0 Å². The fraction of sp³-hybridized carbons (Fsp3) is 0.556. The van der Waals surface area contributed by atoms with E-state index in [9.17, 15) is 8.78 Å². The number of halogens is 2. The van der Waals surface area contributed by atoms with Crippen LogP contribution in [0, 0.1) is 13.8 Å². The number of nitrogens with two attached hydrogens (primary N) is 1. The van der Waals surface area contributed by atoms with Crippen molar-refractivity contribution in [3.8, 4) is 0 Å². The highest BCUT2D eigenvalue weighted by Crippen LogP contribution is 2.15. The van der Waals surface area contributed by atoms with E-state index in [0.29, 0.717) is 0 Å². The molecule has 0 aliphatic heterocycles. The van der Waals surface area contributed by atoms with E-state index >= 15 is 0 Å². The van der Waals surface area contributed by atoms with Crippen molar-refractivity contribution in [2.45, 2.75) is 32.7 Å². The monoisotopic (exact) mass is 188 g/mol. The molecule has 0 saturated heterocycles. The molecule has 13 heavy (non-hydrogen) atoms. The van der Waals surface area contributed by atoms with Crippen LogP contribution in [0.4, 0.5) is 8.78 Å². The van der Waals surface area contributed by atoms with Gasteiger partial charge in [-0.2, -0.15) is 0 Å². The van der Waals surface area contributed by atoms with E-state index < -0.39 is 12.5 Å². The lowest BCUT2D eigenvalue weighted by Crippen LogP contribution is -2.31. The summed E-state index contributed by atoms with van der Waals surface area (Å²) in [6, 6.07) is -1.06. The van der Waals surface area contributed by atoms with Gasteiger partial charge in [-0.1, -0.05) is 0 Å². The van der Waals surface area contributed by atoms with Gasteiger partial charge >= 0.3 is 0 Å². The quantitative estimate of drug-likeness (QED) is 0.745.